The van der Waals surface area contributed by atoms with Crippen molar-refractivity contribution in [1.82, 2.24) is 4.90 Å². The molecule has 1 amide bonds. The summed E-state index contributed by atoms with van der Waals surface area (Å²) in [6.07, 6.45) is 1.61. The van der Waals surface area contributed by atoms with Gasteiger partial charge in [-0.05, 0) is 35.7 Å². The molecule has 0 spiro atoms. The lowest BCUT2D eigenvalue weighted by Gasteiger charge is -2.29. The van der Waals surface area contributed by atoms with Gasteiger partial charge in [0, 0.05) is 13.6 Å². The zero-order valence-corrected chi connectivity index (χ0v) is 14.3. The van der Waals surface area contributed by atoms with E-state index in [1.54, 1.807) is 4.90 Å². The minimum atomic E-state index is -0.777. The van der Waals surface area contributed by atoms with Crippen molar-refractivity contribution < 1.29 is 4.79 Å². The van der Waals surface area contributed by atoms with Crippen LogP contribution in [0.5, 0.6) is 0 Å². The number of carbonyl (C=O) groups excluding carboxylic acids is 1. The third-order valence-corrected chi connectivity index (χ3v) is 3.84. The molecule has 0 aliphatic rings. The average molecular weight is 321 g/mol. The van der Waals surface area contributed by atoms with Gasteiger partial charge in [0.1, 0.15) is 0 Å². The molecule has 2 rings (SSSR count). The molecule has 0 aliphatic heterocycles. The summed E-state index contributed by atoms with van der Waals surface area (Å²) in [7, 11) is 1.82. The lowest BCUT2D eigenvalue weighted by molar-refractivity contribution is -0.135. The number of nitrogens with zero attached hydrogens (tertiary/aromatic N) is 1. The Bertz CT molecular complexity index is 640. The fraction of sp³-hybridized carbons (Fsp3) is 0.389. The number of carbonyl (C=O) groups is 1. The number of hydrogen-bond acceptors (Lipinski definition) is 2. The molecule has 0 saturated carbocycles. The Morgan fingerprint density at radius 3 is 2.45 bits per heavy atom. The van der Waals surface area contributed by atoms with Gasteiger partial charge >= 0.3 is 0 Å². The molecule has 0 heterocycles. The van der Waals surface area contributed by atoms with E-state index in [0.717, 1.165) is 12.0 Å². The van der Waals surface area contributed by atoms with Crippen LogP contribution in [-0.2, 0) is 11.3 Å². The first-order chi connectivity index (χ1) is 9.94. The molecule has 0 saturated heterocycles. The molecule has 2 aromatic carbocycles. The van der Waals surface area contributed by atoms with Crippen LogP contribution in [0.2, 0.25) is 0 Å². The number of halogens is 1. The monoisotopic (exact) mass is 320 g/mol. The summed E-state index contributed by atoms with van der Waals surface area (Å²) >= 11 is 0. The molecule has 4 heteroatoms. The summed E-state index contributed by atoms with van der Waals surface area (Å²) in [6, 6.07) is 14.5. The molecule has 3 nitrogen and oxygen atoms in total. The van der Waals surface area contributed by atoms with Crippen LogP contribution in [0.4, 0.5) is 0 Å². The van der Waals surface area contributed by atoms with Crippen LogP contribution in [0.3, 0.4) is 0 Å². The van der Waals surface area contributed by atoms with Crippen LogP contribution in [-0.4, -0.2) is 23.4 Å². The van der Waals surface area contributed by atoms with E-state index in [-0.39, 0.29) is 18.3 Å². The van der Waals surface area contributed by atoms with Gasteiger partial charge in [-0.1, -0.05) is 49.7 Å². The first-order valence-corrected chi connectivity index (χ1v) is 7.46. The van der Waals surface area contributed by atoms with Gasteiger partial charge in [-0.2, -0.15) is 0 Å². The van der Waals surface area contributed by atoms with Crippen molar-refractivity contribution in [2.24, 2.45) is 5.73 Å². The third kappa shape index (κ3) is 4.21. The molecule has 1 atom stereocenters. The second kappa shape index (κ2) is 7.61. The number of fused-ring (bicyclic) bond motifs is 1. The van der Waals surface area contributed by atoms with E-state index in [2.05, 4.69) is 30.3 Å². The normalized spacial score (nSPS) is 13.3. The van der Waals surface area contributed by atoms with E-state index in [0.29, 0.717) is 13.0 Å². The van der Waals surface area contributed by atoms with Crippen molar-refractivity contribution >= 4 is 29.1 Å². The fourth-order valence-electron chi connectivity index (χ4n) is 2.75. The summed E-state index contributed by atoms with van der Waals surface area (Å²) in [4.78, 5) is 14.1. The lowest BCUT2D eigenvalue weighted by Crippen LogP contribution is -2.51. The van der Waals surface area contributed by atoms with Crippen LogP contribution < -0.4 is 5.73 Å². The maximum atomic E-state index is 12.4. The first-order valence-electron chi connectivity index (χ1n) is 7.46. The zero-order chi connectivity index (χ0) is 15.5. The summed E-state index contributed by atoms with van der Waals surface area (Å²) in [6.45, 7) is 4.44. The topological polar surface area (TPSA) is 46.3 Å². The van der Waals surface area contributed by atoms with Crippen LogP contribution in [0.25, 0.3) is 10.8 Å². The van der Waals surface area contributed by atoms with E-state index in [1.165, 1.54) is 10.8 Å². The highest BCUT2D eigenvalue weighted by Crippen LogP contribution is 2.18. The van der Waals surface area contributed by atoms with Gasteiger partial charge in [-0.3, -0.25) is 4.79 Å². The Labute approximate surface area is 138 Å². The first kappa shape index (κ1) is 18.5. The molecule has 0 aromatic heterocycles. The van der Waals surface area contributed by atoms with Crippen LogP contribution in [0, 0.1) is 0 Å². The van der Waals surface area contributed by atoms with Gasteiger partial charge in [-0.15, -0.1) is 12.4 Å². The fourth-order valence-corrected chi connectivity index (χ4v) is 2.75. The van der Waals surface area contributed by atoms with Crippen molar-refractivity contribution in [3.05, 3.63) is 48.0 Å². The standard InChI is InChI=1S/C18H24N2O.ClH/c1-4-11-18(2,19)17(21)20(3)13-14-9-10-15-7-5-6-8-16(15)12-14;/h5-10,12H,4,11,13,19H2,1-3H3;1H. The number of benzene rings is 2. The summed E-state index contributed by atoms with van der Waals surface area (Å²) in [5.41, 5.74) is 6.47. The predicted molar refractivity (Wildman–Crippen MR) is 95.2 cm³/mol. The lowest BCUT2D eigenvalue weighted by atomic mass is 9.95. The van der Waals surface area contributed by atoms with E-state index >= 15 is 0 Å². The molecule has 1 unspecified atom stereocenters. The third-order valence-electron chi connectivity index (χ3n) is 3.84. The molecule has 22 heavy (non-hydrogen) atoms. The predicted octanol–water partition coefficient (Wildman–Crippen LogP) is 3.74. The molecular formula is C18H25ClN2O. The number of rotatable bonds is 5. The minimum Gasteiger partial charge on any atom is -0.340 e. The van der Waals surface area contributed by atoms with Crippen molar-refractivity contribution in [2.45, 2.75) is 38.8 Å². The SMILES string of the molecule is CCCC(C)(N)C(=O)N(C)Cc1ccc2ccccc2c1.Cl. The molecule has 120 valence electrons. The molecule has 2 N–H and O–H groups in total. The molecule has 0 bridgehead atoms. The van der Waals surface area contributed by atoms with Crippen LogP contribution >= 0.6 is 12.4 Å². The van der Waals surface area contributed by atoms with Gasteiger partial charge in [-0.25, -0.2) is 0 Å². The minimum absolute atomic E-state index is 0. The zero-order valence-electron chi connectivity index (χ0n) is 13.5. The van der Waals surface area contributed by atoms with Gasteiger partial charge in [0.05, 0.1) is 5.54 Å². The molecule has 2 aromatic rings. The Morgan fingerprint density at radius 2 is 1.82 bits per heavy atom. The number of hydrogen-bond donors (Lipinski definition) is 1. The Balaban J connectivity index is 0.00000242. The smallest absolute Gasteiger partial charge is 0.242 e. The van der Waals surface area contributed by atoms with E-state index in [9.17, 15) is 4.79 Å². The largest absolute Gasteiger partial charge is 0.340 e. The Kier molecular flexibility index (Phi) is 6.39. The van der Waals surface area contributed by atoms with E-state index < -0.39 is 5.54 Å². The summed E-state index contributed by atoms with van der Waals surface area (Å²) in [5.74, 6) is -0.00231. The van der Waals surface area contributed by atoms with Gasteiger partial charge < -0.3 is 10.6 Å². The van der Waals surface area contributed by atoms with Gasteiger partial charge in [0.25, 0.3) is 0 Å². The van der Waals surface area contributed by atoms with Crippen molar-refractivity contribution in [3.8, 4) is 0 Å². The van der Waals surface area contributed by atoms with Gasteiger partial charge in [0.2, 0.25) is 5.91 Å². The molecule has 0 aliphatic carbocycles. The number of amides is 1. The van der Waals surface area contributed by atoms with Crippen LogP contribution in [0.1, 0.15) is 32.3 Å². The summed E-state index contributed by atoms with van der Waals surface area (Å²) < 4.78 is 0. The number of likely N-dealkylation sites (N-methyl/N-ethyl adjacent to an activating group) is 1. The van der Waals surface area contributed by atoms with E-state index in [4.69, 9.17) is 5.73 Å². The second-order valence-electron chi connectivity index (χ2n) is 6.01. The van der Waals surface area contributed by atoms with Crippen LogP contribution in [0.15, 0.2) is 42.5 Å². The van der Waals surface area contributed by atoms with Crippen molar-refractivity contribution in [2.75, 3.05) is 7.05 Å². The highest BCUT2D eigenvalue weighted by Gasteiger charge is 2.29. The quantitative estimate of drug-likeness (QED) is 0.912. The molecular weight excluding hydrogens is 296 g/mol. The Morgan fingerprint density at radius 1 is 1.18 bits per heavy atom. The van der Waals surface area contributed by atoms with E-state index in [1.807, 2.05) is 33.0 Å². The Hall–Kier alpha value is -1.58. The maximum absolute atomic E-state index is 12.4. The van der Waals surface area contributed by atoms with Crippen molar-refractivity contribution in [1.29, 1.82) is 0 Å². The maximum Gasteiger partial charge on any atom is 0.242 e. The highest BCUT2D eigenvalue weighted by molar-refractivity contribution is 5.86. The van der Waals surface area contributed by atoms with Crippen molar-refractivity contribution in [3.63, 3.8) is 0 Å². The second-order valence-corrected chi connectivity index (χ2v) is 6.01. The number of nitrogens with two attached hydrogens (primary N) is 1. The highest BCUT2D eigenvalue weighted by atomic mass is 35.5. The molecule has 0 radical (unpaired) electrons. The van der Waals surface area contributed by atoms with Gasteiger partial charge in [0.15, 0.2) is 0 Å². The summed E-state index contributed by atoms with van der Waals surface area (Å²) in [5, 5.41) is 2.41. The average Bonchev–Trinajstić information content (AvgIpc) is 2.46. The molecule has 0 fully saturated rings.